The first kappa shape index (κ1) is 17.8. The summed E-state index contributed by atoms with van der Waals surface area (Å²) in [6.07, 6.45) is 3.33. The summed E-state index contributed by atoms with van der Waals surface area (Å²) in [5.74, 6) is 1.95. The Labute approximate surface area is 149 Å². The van der Waals surface area contributed by atoms with Gasteiger partial charge in [0, 0.05) is 17.8 Å². The summed E-state index contributed by atoms with van der Waals surface area (Å²) in [5, 5.41) is 3.13. The molecule has 25 heavy (non-hydrogen) atoms. The van der Waals surface area contributed by atoms with Crippen LogP contribution in [0.25, 0.3) is 0 Å². The van der Waals surface area contributed by atoms with Crippen molar-refractivity contribution >= 4 is 11.7 Å². The summed E-state index contributed by atoms with van der Waals surface area (Å²) >= 11 is 0. The molecule has 1 N–H and O–H groups in total. The highest BCUT2D eigenvalue weighted by Crippen LogP contribution is 2.42. The minimum absolute atomic E-state index is 0.0434. The standard InChI is InChI=1S/C20H27NO4/c1-11-7-17(24-3)18(25-4)10-16(11)12(2)21-20(23)15-8-13-5-6-14(9-15)19(13)22/h7,10,12-15H,5-6,8-9H2,1-4H3,(H,21,23). The van der Waals surface area contributed by atoms with E-state index in [9.17, 15) is 9.59 Å². The van der Waals surface area contributed by atoms with Gasteiger partial charge in [0.15, 0.2) is 11.5 Å². The first-order chi connectivity index (χ1) is 11.9. The van der Waals surface area contributed by atoms with Gasteiger partial charge in [-0.3, -0.25) is 9.59 Å². The van der Waals surface area contributed by atoms with Gasteiger partial charge in [-0.05, 0) is 62.8 Å². The average Bonchev–Trinajstić information content (AvgIpc) is 2.82. The molecular formula is C20H27NO4. The van der Waals surface area contributed by atoms with E-state index in [1.165, 1.54) is 0 Å². The van der Waals surface area contributed by atoms with Crippen LogP contribution in [0.1, 0.15) is 49.8 Å². The number of nitrogens with one attached hydrogen (secondary N) is 1. The van der Waals surface area contributed by atoms with Gasteiger partial charge in [0.25, 0.3) is 0 Å². The van der Waals surface area contributed by atoms with E-state index in [2.05, 4.69) is 5.32 Å². The van der Waals surface area contributed by atoms with Crippen LogP contribution in [0.15, 0.2) is 12.1 Å². The van der Waals surface area contributed by atoms with Crippen LogP contribution in [-0.2, 0) is 9.59 Å². The molecule has 1 aromatic rings. The average molecular weight is 345 g/mol. The highest BCUT2D eigenvalue weighted by atomic mass is 16.5. The molecule has 0 radical (unpaired) electrons. The van der Waals surface area contributed by atoms with Crippen molar-refractivity contribution in [3.63, 3.8) is 0 Å². The maximum absolute atomic E-state index is 12.7. The zero-order chi connectivity index (χ0) is 18.1. The van der Waals surface area contributed by atoms with Gasteiger partial charge in [-0.2, -0.15) is 0 Å². The van der Waals surface area contributed by atoms with E-state index in [1.54, 1.807) is 14.2 Å². The van der Waals surface area contributed by atoms with Gasteiger partial charge in [0.05, 0.1) is 20.3 Å². The number of rotatable bonds is 5. The molecule has 3 unspecified atom stereocenters. The number of fused-ring (bicyclic) bond motifs is 2. The second-order valence-corrected chi connectivity index (χ2v) is 7.34. The predicted molar refractivity (Wildman–Crippen MR) is 94.8 cm³/mol. The minimum Gasteiger partial charge on any atom is -0.493 e. The molecule has 5 nitrogen and oxygen atoms in total. The number of ether oxygens (including phenoxy) is 2. The number of carbonyl (C=O) groups excluding carboxylic acids is 2. The predicted octanol–water partition coefficient (Wildman–Crippen LogP) is 3.19. The Hall–Kier alpha value is -2.04. The van der Waals surface area contributed by atoms with Gasteiger partial charge >= 0.3 is 0 Å². The molecule has 5 heteroatoms. The molecule has 3 rings (SSSR count). The van der Waals surface area contributed by atoms with Crippen LogP contribution in [0.2, 0.25) is 0 Å². The van der Waals surface area contributed by atoms with E-state index < -0.39 is 0 Å². The van der Waals surface area contributed by atoms with E-state index in [-0.39, 0.29) is 29.7 Å². The van der Waals surface area contributed by atoms with Gasteiger partial charge in [-0.25, -0.2) is 0 Å². The maximum Gasteiger partial charge on any atom is 0.223 e. The zero-order valence-electron chi connectivity index (χ0n) is 15.4. The fraction of sp³-hybridized carbons (Fsp3) is 0.600. The normalized spacial score (nSPS) is 26.2. The van der Waals surface area contributed by atoms with E-state index in [4.69, 9.17) is 9.47 Å². The number of benzene rings is 1. The molecule has 136 valence electrons. The lowest BCUT2D eigenvalue weighted by molar-refractivity contribution is -0.132. The summed E-state index contributed by atoms with van der Waals surface area (Å²) in [4.78, 5) is 24.7. The highest BCUT2D eigenvalue weighted by molar-refractivity contribution is 5.89. The lowest BCUT2D eigenvalue weighted by Gasteiger charge is -2.27. The number of ketones is 1. The molecule has 0 heterocycles. The van der Waals surface area contributed by atoms with Gasteiger partial charge < -0.3 is 14.8 Å². The number of Topliss-reactive ketones (excluding diaryl/α,β-unsaturated/α-hetero) is 1. The number of amides is 1. The van der Waals surface area contributed by atoms with Gasteiger partial charge in [-0.1, -0.05) is 0 Å². The number of carbonyl (C=O) groups is 2. The van der Waals surface area contributed by atoms with Crippen LogP contribution in [0.3, 0.4) is 0 Å². The van der Waals surface area contributed by atoms with Crippen molar-refractivity contribution in [1.82, 2.24) is 5.32 Å². The SMILES string of the molecule is COc1cc(C)c(C(C)NC(=O)C2CC3CCC(C2)C3=O)cc1OC. The molecule has 2 saturated carbocycles. The van der Waals surface area contributed by atoms with Crippen LogP contribution in [0.4, 0.5) is 0 Å². The number of hydrogen-bond acceptors (Lipinski definition) is 4. The summed E-state index contributed by atoms with van der Waals surface area (Å²) in [6, 6.07) is 3.73. The molecule has 1 amide bonds. The third kappa shape index (κ3) is 3.37. The Morgan fingerprint density at radius 2 is 1.68 bits per heavy atom. The monoisotopic (exact) mass is 345 g/mol. The van der Waals surface area contributed by atoms with Crippen LogP contribution >= 0.6 is 0 Å². The Balaban J connectivity index is 1.71. The summed E-state index contributed by atoms with van der Waals surface area (Å²) in [5.41, 5.74) is 2.06. The molecule has 2 aliphatic rings. The lowest BCUT2D eigenvalue weighted by atomic mass is 9.79. The molecule has 1 aromatic carbocycles. The molecule has 2 aliphatic carbocycles. The third-order valence-corrected chi connectivity index (χ3v) is 5.77. The number of aryl methyl sites for hydroxylation is 1. The van der Waals surface area contributed by atoms with Gasteiger partial charge in [-0.15, -0.1) is 0 Å². The molecular weight excluding hydrogens is 318 g/mol. The zero-order valence-corrected chi connectivity index (χ0v) is 15.4. The first-order valence-corrected chi connectivity index (χ1v) is 9.01. The van der Waals surface area contributed by atoms with Crippen LogP contribution in [0.5, 0.6) is 11.5 Å². The van der Waals surface area contributed by atoms with Gasteiger partial charge in [0.1, 0.15) is 5.78 Å². The summed E-state index contributed by atoms with van der Waals surface area (Å²) in [6.45, 7) is 3.98. The Morgan fingerprint density at radius 1 is 1.12 bits per heavy atom. The second kappa shape index (κ2) is 7.06. The Morgan fingerprint density at radius 3 is 2.24 bits per heavy atom. The lowest BCUT2D eigenvalue weighted by Crippen LogP contribution is -2.38. The molecule has 2 bridgehead atoms. The smallest absolute Gasteiger partial charge is 0.223 e. The van der Waals surface area contributed by atoms with Crippen LogP contribution < -0.4 is 14.8 Å². The Kier molecular flexibility index (Phi) is 5.02. The fourth-order valence-corrected chi connectivity index (χ4v) is 4.36. The van der Waals surface area contributed by atoms with Crippen molar-refractivity contribution in [2.45, 2.75) is 45.6 Å². The highest BCUT2D eigenvalue weighted by Gasteiger charge is 2.43. The molecule has 0 spiro atoms. The van der Waals surface area contributed by atoms with E-state index in [1.807, 2.05) is 26.0 Å². The molecule has 2 fully saturated rings. The van der Waals surface area contributed by atoms with Crippen LogP contribution in [0, 0.1) is 24.7 Å². The van der Waals surface area contributed by atoms with Crippen molar-refractivity contribution in [2.75, 3.05) is 14.2 Å². The van der Waals surface area contributed by atoms with Crippen molar-refractivity contribution in [3.05, 3.63) is 23.3 Å². The van der Waals surface area contributed by atoms with Crippen molar-refractivity contribution < 1.29 is 19.1 Å². The molecule has 0 saturated heterocycles. The Bertz CT molecular complexity index is 669. The molecule has 0 aromatic heterocycles. The molecule has 3 atom stereocenters. The third-order valence-electron chi connectivity index (χ3n) is 5.77. The minimum atomic E-state index is -0.123. The topological polar surface area (TPSA) is 64.6 Å². The van der Waals surface area contributed by atoms with Crippen LogP contribution in [-0.4, -0.2) is 25.9 Å². The largest absolute Gasteiger partial charge is 0.493 e. The van der Waals surface area contributed by atoms with Gasteiger partial charge in [0.2, 0.25) is 5.91 Å². The van der Waals surface area contributed by atoms with E-state index in [0.717, 1.165) is 24.0 Å². The van der Waals surface area contributed by atoms with Crippen molar-refractivity contribution in [2.24, 2.45) is 17.8 Å². The maximum atomic E-state index is 12.7. The van der Waals surface area contributed by atoms with E-state index >= 15 is 0 Å². The number of hydrogen-bond donors (Lipinski definition) is 1. The summed E-state index contributed by atoms with van der Waals surface area (Å²) < 4.78 is 10.7. The first-order valence-electron chi connectivity index (χ1n) is 9.01. The quantitative estimate of drug-likeness (QED) is 0.890. The van der Waals surface area contributed by atoms with Crippen molar-refractivity contribution in [1.29, 1.82) is 0 Å². The van der Waals surface area contributed by atoms with E-state index in [0.29, 0.717) is 30.1 Å². The van der Waals surface area contributed by atoms with Crippen molar-refractivity contribution in [3.8, 4) is 11.5 Å². The number of methoxy groups -OCH3 is 2. The summed E-state index contributed by atoms with van der Waals surface area (Å²) in [7, 11) is 3.22. The second-order valence-electron chi connectivity index (χ2n) is 7.34. The fourth-order valence-electron chi connectivity index (χ4n) is 4.36. The molecule has 0 aliphatic heterocycles.